The van der Waals surface area contributed by atoms with Gasteiger partial charge in [0.15, 0.2) is 0 Å². The van der Waals surface area contributed by atoms with Gasteiger partial charge in [-0.25, -0.2) is 0 Å². The Balaban J connectivity index is 4.38. The van der Waals surface area contributed by atoms with Gasteiger partial charge in [0, 0.05) is 12.6 Å². The van der Waals surface area contributed by atoms with Gasteiger partial charge in [0.05, 0.1) is 0 Å². The summed E-state index contributed by atoms with van der Waals surface area (Å²) in [5, 5.41) is 0. The van der Waals surface area contributed by atoms with Crippen LogP contribution in [0.3, 0.4) is 0 Å². The number of allylic oxidation sites excluding steroid dienone is 4. The van der Waals surface area contributed by atoms with Gasteiger partial charge in [-0.05, 0) is 46.2 Å². The van der Waals surface area contributed by atoms with Crippen molar-refractivity contribution in [3.05, 3.63) is 36.0 Å². The summed E-state index contributed by atoms with van der Waals surface area (Å²) in [5.74, 6) is 0. The molecule has 0 saturated carbocycles. The monoisotopic (exact) mass is 221 g/mol. The van der Waals surface area contributed by atoms with Gasteiger partial charge in [-0.15, -0.1) is 0 Å². The van der Waals surface area contributed by atoms with E-state index in [2.05, 4.69) is 63.0 Å². The summed E-state index contributed by atoms with van der Waals surface area (Å²) in [7, 11) is 0. The largest absolute Gasteiger partial charge is 0.297 e. The number of hydrogen-bond acceptors (Lipinski definition) is 1. The predicted molar refractivity (Wildman–Crippen MR) is 74.7 cm³/mol. The summed E-state index contributed by atoms with van der Waals surface area (Å²) in [6.07, 6.45) is 11.8. The Bertz CT molecular complexity index is 246. The molecule has 0 unspecified atom stereocenters. The number of hydrogen-bond donors (Lipinski definition) is 0. The first kappa shape index (κ1) is 15.2. The highest BCUT2D eigenvalue weighted by Gasteiger charge is 2.08. The van der Waals surface area contributed by atoms with E-state index in [4.69, 9.17) is 0 Å². The lowest BCUT2D eigenvalue weighted by Gasteiger charge is -2.26. The Hall–Kier alpha value is -0.820. The third-order valence-corrected chi connectivity index (χ3v) is 2.61. The van der Waals surface area contributed by atoms with Crippen LogP contribution in [0.1, 0.15) is 41.0 Å². The van der Waals surface area contributed by atoms with E-state index in [1.807, 2.05) is 6.92 Å². The molecule has 0 spiro atoms. The maximum atomic E-state index is 2.51. The van der Waals surface area contributed by atoms with E-state index in [-0.39, 0.29) is 0 Å². The Labute approximate surface area is 102 Å². The minimum Gasteiger partial charge on any atom is -0.297 e. The van der Waals surface area contributed by atoms with Crippen LogP contribution in [0.5, 0.6) is 0 Å². The Morgan fingerprint density at radius 3 is 2.31 bits per heavy atom. The van der Waals surface area contributed by atoms with Crippen molar-refractivity contribution in [2.24, 2.45) is 0 Å². The van der Waals surface area contributed by atoms with Gasteiger partial charge in [-0.2, -0.15) is 0 Å². The van der Waals surface area contributed by atoms with Crippen molar-refractivity contribution >= 4 is 0 Å². The highest BCUT2D eigenvalue weighted by atomic mass is 15.1. The molecule has 0 radical (unpaired) electrons. The summed E-state index contributed by atoms with van der Waals surface area (Å²) in [6, 6.07) is 0.616. The molecular formula is C15H27N. The van der Waals surface area contributed by atoms with Crippen molar-refractivity contribution in [3.63, 3.8) is 0 Å². The Kier molecular flexibility index (Phi) is 8.93. The molecule has 0 rings (SSSR count). The first-order valence-electron chi connectivity index (χ1n) is 6.34. The molecule has 0 heterocycles. The van der Waals surface area contributed by atoms with Gasteiger partial charge < -0.3 is 0 Å². The average molecular weight is 221 g/mol. The summed E-state index contributed by atoms with van der Waals surface area (Å²) in [4.78, 5) is 2.51. The average Bonchev–Trinajstić information content (AvgIpc) is 2.26. The second kappa shape index (κ2) is 9.41. The van der Waals surface area contributed by atoms with Gasteiger partial charge in [-0.1, -0.05) is 37.3 Å². The van der Waals surface area contributed by atoms with Crippen LogP contribution in [0.2, 0.25) is 0 Å². The van der Waals surface area contributed by atoms with Crippen molar-refractivity contribution in [2.45, 2.75) is 47.1 Å². The molecule has 0 aromatic rings. The smallest absolute Gasteiger partial charge is 0.0233 e. The second-order valence-electron chi connectivity index (χ2n) is 4.31. The molecular weight excluding hydrogens is 194 g/mol. The van der Waals surface area contributed by atoms with Crippen molar-refractivity contribution in [3.8, 4) is 0 Å². The van der Waals surface area contributed by atoms with Gasteiger partial charge in [0.2, 0.25) is 0 Å². The first-order valence-corrected chi connectivity index (χ1v) is 6.34. The standard InChI is InChI=1S/C15H27N/c1-6-9-10-11-15(8-3)13-16(12-7-2)14(4)5/h6,8-11,14H,7,12-13H2,1-5H3/b9-6-,11-10-,15-8-. The topological polar surface area (TPSA) is 3.24 Å². The maximum absolute atomic E-state index is 2.51. The van der Waals surface area contributed by atoms with Gasteiger partial charge >= 0.3 is 0 Å². The molecule has 0 aliphatic carbocycles. The predicted octanol–water partition coefficient (Wildman–Crippen LogP) is 4.19. The third-order valence-electron chi connectivity index (χ3n) is 2.61. The van der Waals surface area contributed by atoms with Crippen LogP contribution in [0.15, 0.2) is 36.0 Å². The zero-order valence-electron chi connectivity index (χ0n) is 11.5. The van der Waals surface area contributed by atoms with Gasteiger partial charge in [-0.3, -0.25) is 4.90 Å². The normalized spacial score (nSPS) is 13.8. The fourth-order valence-electron chi connectivity index (χ4n) is 1.57. The SMILES string of the molecule is C\C=C/C=C\C(=C\C)CN(CCC)C(C)C. The summed E-state index contributed by atoms with van der Waals surface area (Å²) < 4.78 is 0. The molecule has 0 bridgehead atoms. The molecule has 0 amide bonds. The number of nitrogens with zero attached hydrogens (tertiary/aromatic N) is 1. The van der Waals surface area contributed by atoms with Crippen LogP contribution >= 0.6 is 0 Å². The molecule has 1 nitrogen and oxygen atoms in total. The van der Waals surface area contributed by atoms with E-state index in [1.54, 1.807) is 0 Å². The molecule has 0 aromatic carbocycles. The highest BCUT2D eigenvalue weighted by Crippen LogP contribution is 2.06. The van der Waals surface area contributed by atoms with E-state index in [0.29, 0.717) is 6.04 Å². The van der Waals surface area contributed by atoms with Crippen molar-refractivity contribution < 1.29 is 0 Å². The van der Waals surface area contributed by atoms with E-state index in [1.165, 1.54) is 18.5 Å². The van der Waals surface area contributed by atoms with Crippen LogP contribution in [0.4, 0.5) is 0 Å². The van der Waals surface area contributed by atoms with Crippen molar-refractivity contribution in [1.82, 2.24) is 4.90 Å². The summed E-state index contributed by atoms with van der Waals surface area (Å²) in [6.45, 7) is 13.1. The van der Waals surface area contributed by atoms with E-state index < -0.39 is 0 Å². The van der Waals surface area contributed by atoms with E-state index in [9.17, 15) is 0 Å². The molecule has 0 atom stereocenters. The number of rotatable bonds is 7. The van der Waals surface area contributed by atoms with E-state index >= 15 is 0 Å². The lowest BCUT2D eigenvalue weighted by atomic mass is 10.2. The van der Waals surface area contributed by atoms with Crippen LogP contribution in [0, 0.1) is 0 Å². The van der Waals surface area contributed by atoms with Crippen LogP contribution in [-0.2, 0) is 0 Å². The first-order chi connectivity index (χ1) is 7.65. The van der Waals surface area contributed by atoms with E-state index in [0.717, 1.165) is 6.54 Å². The molecule has 0 aliphatic rings. The second-order valence-corrected chi connectivity index (χ2v) is 4.31. The summed E-state index contributed by atoms with van der Waals surface area (Å²) >= 11 is 0. The molecule has 0 fully saturated rings. The Morgan fingerprint density at radius 2 is 1.88 bits per heavy atom. The van der Waals surface area contributed by atoms with Crippen LogP contribution < -0.4 is 0 Å². The van der Waals surface area contributed by atoms with Crippen molar-refractivity contribution in [2.75, 3.05) is 13.1 Å². The highest BCUT2D eigenvalue weighted by molar-refractivity contribution is 5.23. The minimum absolute atomic E-state index is 0.616. The van der Waals surface area contributed by atoms with Crippen LogP contribution in [-0.4, -0.2) is 24.0 Å². The zero-order valence-corrected chi connectivity index (χ0v) is 11.5. The molecule has 0 aliphatic heterocycles. The fourth-order valence-corrected chi connectivity index (χ4v) is 1.57. The lowest BCUT2D eigenvalue weighted by molar-refractivity contribution is 0.243. The molecule has 0 saturated heterocycles. The maximum Gasteiger partial charge on any atom is 0.0233 e. The Morgan fingerprint density at radius 1 is 1.19 bits per heavy atom. The zero-order chi connectivity index (χ0) is 12.4. The van der Waals surface area contributed by atoms with Gasteiger partial charge in [0.1, 0.15) is 0 Å². The molecule has 1 heteroatoms. The van der Waals surface area contributed by atoms with Crippen LogP contribution in [0.25, 0.3) is 0 Å². The fraction of sp³-hybridized carbons (Fsp3) is 0.600. The molecule has 16 heavy (non-hydrogen) atoms. The molecule has 92 valence electrons. The third kappa shape index (κ3) is 6.62. The summed E-state index contributed by atoms with van der Waals surface area (Å²) in [5.41, 5.74) is 1.39. The molecule has 0 N–H and O–H groups in total. The molecule has 0 aromatic heterocycles. The van der Waals surface area contributed by atoms with Crippen molar-refractivity contribution in [1.29, 1.82) is 0 Å². The quantitative estimate of drug-likeness (QED) is 0.583. The van der Waals surface area contributed by atoms with Gasteiger partial charge in [0.25, 0.3) is 0 Å². The lowest BCUT2D eigenvalue weighted by Crippen LogP contribution is -2.33. The minimum atomic E-state index is 0.616.